The van der Waals surface area contributed by atoms with Crippen molar-refractivity contribution in [3.8, 4) is 22.3 Å². The minimum absolute atomic E-state index is 1.24. The van der Waals surface area contributed by atoms with Gasteiger partial charge in [0.15, 0.2) is 0 Å². The van der Waals surface area contributed by atoms with Crippen LogP contribution in [0.3, 0.4) is 0 Å². The smallest absolute Gasteiger partial charge is 0.0106 e. The van der Waals surface area contributed by atoms with E-state index < -0.39 is 0 Å². The predicted molar refractivity (Wildman–Crippen MR) is 105 cm³/mol. The Morgan fingerprint density at radius 1 is 0.500 bits per heavy atom. The second kappa shape index (κ2) is 6.33. The summed E-state index contributed by atoms with van der Waals surface area (Å²) in [4.78, 5) is 0. The minimum Gasteiger partial charge on any atom is -0.104 e. The maximum Gasteiger partial charge on any atom is -0.0106 e. The molecule has 2 atom stereocenters. The van der Waals surface area contributed by atoms with Crippen LogP contribution < -0.4 is 10.6 Å². The van der Waals surface area contributed by atoms with Gasteiger partial charge in [-0.05, 0) is 46.7 Å². The second-order valence-electron chi connectivity index (χ2n) is 5.72. The first kappa shape index (κ1) is 15.4. The maximum absolute atomic E-state index is 2.90. The van der Waals surface area contributed by atoms with Gasteiger partial charge in [0.05, 0.1) is 0 Å². The molecule has 0 bridgehead atoms. The van der Waals surface area contributed by atoms with E-state index in [-0.39, 0.29) is 0 Å². The summed E-state index contributed by atoms with van der Waals surface area (Å²) in [6, 6.07) is 21.8. The summed E-state index contributed by atoms with van der Waals surface area (Å²) < 4.78 is 0. The first-order valence-electron chi connectivity index (χ1n) is 7.38. The van der Waals surface area contributed by atoms with E-state index >= 15 is 0 Å². The summed E-state index contributed by atoms with van der Waals surface area (Å²) in [5, 5.41) is 2.49. The first-order valence-corrected chi connectivity index (χ1v) is 8.54. The van der Waals surface area contributed by atoms with Crippen LogP contribution in [0.15, 0.2) is 60.7 Å². The lowest BCUT2D eigenvalue weighted by molar-refractivity contribution is 1.47. The zero-order valence-electron chi connectivity index (χ0n) is 12.9. The van der Waals surface area contributed by atoms with Gasteiger partial charge < -0.3 is 0 Å². The number of hydrogen-bond donors (Lipinski definition) is 0. The molecule has 0 aliphatic rings. The lowest BCUT2D eigenvalue weighted by atomic mass is 9.99. The third kappa shape index (κ3) is 3.00. The highest BCUT2D eigenvalue weighted by molar-refractivity contribution is 7.36. The standard InChI is InChI=1S/C20H20P2/c1-13-3-7-15(8-4-13)17-11-12-18(20(22)19(17)21)16-9-5-14(2)6-10-16/h3-12H,21-22H2,1-2H3. The van der Waals surface area contributed by atoms with Gasteiger partial charge in [0.2, 0.25) is 0 Å². The molecular weight excluding hydrogens is 302 g/mol. The fourth-order valence-electron chi connectivity index (χ4n) is 2.61. The van der Waals surface area contributed by atoms with Gasteiger partial charge >= 0.3 is 0 Å². The van der Waals surface area contributed by atoms with Crippen LogP contribution in [-0.2, 0) is 0 Å². The van der Waals surface area contributed by atoms with Gasteiger partial charge in [0.25, 0.3) is 0 Å². The third-order valence-electron chi connectivity index (χ3n) is 4.01. The number of aryl methyl sites for hydroxylation is 2. The van der Waals surface area contributed by atoms with E-state index in [1.54, 1.807) is 0 Å². The predicted octanol–water partition coefficient (Wildman–Crippen LogP) is 4.64. The van der Waals surface area contributed by atoms with Gasteiger partial charge in [-0.1, -0.05) is 71.8 Å². The van der Waals surface area contributed by atoms with Crippen molar-refractivity contribution in [1.82, 2.24) is 0 Å². The van der Waals surface area contributed by atoms with E-state index in [1.165, 1.54) is 44.0 Å². The normalized spacial score (nSPS) is 10.7. The van der Waals surface area contributed by atoms with Crippen LogP contribution >= 0.6 is 18.5 Å². The van der Waals surface area contributed by atoms with Gasteiger partial charge in [-0.25, -0.2) is 0 Å². The molecule has 2 unspecified atom stereocenters. The maximum atomic E-state index is 2.90. The highest BCUT2D eigenvalue weighted by atomic mass is 31.0. The van der Waals surface area contributed by atoms with Crippen molar-refractivity contribution in [2.75, 3.05) is 0 Å². The molecule has 0 fully saturated rings. The van der Waals surface area contributed by atoms with Gasteiger partial charge in [-0.15, -0.1) is 18.5 Å². The van der Waals surface area contributed by atoms with Gasteiger partial charge in [0.1, 0.15) is 0 Å². The lowest BCUT2D eigenvalue weighted by Crippen LogP contribution is -2.16. The molecule has 2 heteroatoms. The van der Waals surface area contributed by atoms with E-state index in [0.29, 0.717) is 0 Å². The molecule has 0 N–H and O–H groups in total. The van der Waals surface area contributed by atoms with Crippen molar-refractivity contribution >= 4 is 29.1 Å². The fourth-order valence-corrected chi connectivity index (χ4v) is 3.44. The van der Waals surface area contributed by atoms with Crippen molar-refractivity contribution in [3.05, 3.63) is 71.8 Å². The van der Waals surface area contributed by atoms with Gasteiger partial charge in [0, 0.05) is 0 Å². The Hall–Kier alpha value is -1.48. The van der Waals surface area contributed by atoms with Crippen LogP contribution in [0.25, 0.3) is 22.3 Å². The van der Waals surface area contributed by atoms with Crippen molar-refractivity contribution in [2.24, 2.45) is 0 Å². The molecule has 0 aliphatic heterocycles. The Morgan fingerprint density at radius 3 is 1.14 bits per heavy atom. The lowest BCUT2D eigenvalue weighted by Gasteiger charge is -2.14. The molecule has 0 saturated carbocycles. The Kier molecular flexibility index (Phi) is 4.44. The molecule has 0 nitrogen and oxygen atoms in total. The molecule has 3 aromatic rings. The summed E-state index contributed by atoms with van der Waals surface area (Å²) in [5.41, 5.74) is 7.63. The third-order valence-corrected chi connectivity index (χ3v) is 5.59. The fraction of sp³-hybridized carbons (Fsp3) is 0.100. The van der Waals surface area contributed by atoms with Crippen molar-refractivity contribution in [3.63, 3.8) is 0 Å². The highest BCUT2D eigenvalue weighted by Crippen LogP contribution is 2.25. The molecule has 3 aromatic carbocycles. The first-order chi connectivity index (χ1) is 10.6. The monoisotopic (exact) mass is 322 g/mol. The molecule has 0 spiro atoms. The zero-order valence-corrected chi connectivity index (χ0v) is 15.2. The minimum atomic E-state index is 1.24. The van der Waals surface area contributed by atoms with E-state index in [0.717, 1.165) is 0 Å². The molecule has 0 radical (unpaired) electrons. The summed E-state index contributed by atoms with van der Waals surface area (Å²) in [5.74, 6) is 0. The number of benzene rings is 3. The summed E-state index contributed by atoms with van der Waals surface area (Å²) >= 11 is 0. The second-order valence-corrected chi connectivity index (χ2v) is 6.87. The van der Waals surface area contributed by atoms with E-state index in [1.807, 2.05) is 0 Å². The average Bonchev–Trinajstić information content (AvgIpc) is 2.52. The Bertz CT molecular complexity index is 730. The average molecular weight is 322 g/mol. The SMILES string of the molecule is Cc1ccc(-c2ccc(-c3ccc(C)cc3)c(P)c2P)cc1. The van der Waals surface area contributed by atoms with Crippen molar-refractivity contribution in [2.45, 2.75) is 13.8 Å². The molecule has 0 amide bonds. The highest BCUT2D eigenvalue weighted by Gasteiger charge is 2.10. The van der Waals surface area contributed by atoms with Crippen LogP contribution in [0.2, 0.25) is 0 Å². The Morgan fingerprint density at radius 2 is 0.818 bits per heavy atom. The Labute approximate surface area is 137 Å². The van der Waals surface area contributed by atoms with Gasteiger partial charge in [-0.2, -0.15) is 0 Å². The molecule has 3 rings (SSSR count). The van der Waals surface area contributed by atoms with E-state index in [4.69, 9.17) is 0 Å². The van der Waals surface area contributed by atoms with Crippen molar-refractivity contribution < 1.29 is 0 Å². The molecule has 22 heavy (non-hydrogen) atoms. The molecule has 110 valence electrons. The summed E-state index contributed by atoms with van der Waals surface area (Å²) in [7, 11) is 5.81. The topological polar surface area (TPSA) is 0 Å². The summed E-state index contributed by atoms with van der Waals surface area (Å²) in [6.45, 7) is 4.24. The molecule has 0 aromatic heterocycles. The molecule has 0 aliphatic carbocycles. The zero-order chi connectivity index (χ0) is 15.7. The van der Waals surface area contributed by atoms with E-state index in [9.17, 15) is 0 Å². The number of rotatable bonds is 2. The Balaban J connectivity index is 2.08. The van der Waals surface area contributed by atoms with Crippen LogP contribution in [0, 0.1) is 13.8 Å². The van der Waals surface area contributed by atoms with Crippen LogP contribution in [0.1, 0.15) is 11.1 Å². The van der Waals surface area contributed by atoms with Crippen LogP contribution in [0.5, 0.6) is 0 Å². The quantitative estimate of drug-likeness (QED) is 0.603. The molecular formula is C20H20P2. The largest absolute Gasteiger partial charge is 0.104 e. The van der Waals surface area contributed by atoms with Crippen molar-refractivity contribution in [1.29, 1.82) is 0 Å². The van der Waals surface area contributed by atoms with Crippen LogP contribution in [-0.4, -0.2) is 0 Å². The van der Waals surface area contributed by atoms with Crippen LogP contribution in [0.4, 0.5) is 0 Å². The molecule has 0 heterocycles. The summed E-state index contributed by atoms with van der Waals surface area (Å²) in [6.07, 6.45) is 0. The molecule has 0 saturated heterocycles. The van der Waals surface area contributed by atoms with E-state index in [2.05, 4.69) is 93.0 Å². The number of hydrogen-bond acceptors (Lipinski definition) is 0. The van der Waals surface area contributed by atoms with Gasteiger partial charge in [-0.3, -0.25) is 0 Å².